The number of ether oxygens (including phenoxy) is 1. The number of rotatable bonds is 4. The molecule has 1 unspecified atom stereocenters. The number of piperidine rings is 1. The lowest BCUT2D eigenvalue weighted by molar-refractivity contribution is 0.186. The molecule has 39 heavy (non-hydrogen) atoms. The molecular weight excluding hydrogens is 512 g/mol. The summed E-state index contributed by atoms with van der Waals surface area (Å²) in [5.74, 6) is 2.15. The van der Waals surface area contributed by atoms with Crippen LogP contribution in [0.15, 0.2) is 52.9 Å². The first kappa shape index (κ1) is 23.4. The Morgan fingerprint density at radius 3 is 2.67 bits per heavy atom. The fraction of sp³-hybridized carbons (Fsp3) is 0.464. The molecule has 0 radical (unpaired) electrons. The van der Waals surface area contributed by atoms with Crippen LogP contribution in [0.5, 0.6) is 5.75 Å². The molecule has 8 rings (SSSR count). The molecule has 2 aliphatic carbocycles. The predicted molar refractivity (Wildman–Crippen MR) is 146 cm³/mol. The molecule has 6 heterocycles. The molecule has 3 fully saturated rings. The molecule has 3 aromatic heterocycles. The number of carbonyl (C=O) groups excluding carboxylic acids is 1. The molecule has 200 valence electrons. The number of aromatic nitrogens is 4. The van der Waals surface area contributed by atoms with Gasteiger partial charge in [-0.15, -0.1) is 0 Å². The summed E-state index contributed by atoms with van der Waals surface area (Å²) < 4.78 is 6.16. The molecule has 2 amide bonds. The first-order valence-electron chi connectivity index (χ1n) is 13.8. The van der Waals surface area contributed by atoms with Gasteiger partial charge in [0.15, 0.2) is 11.6 Å². The highest BCUT2D eigenvalue weighted by atomic mass is 32.2. The van der Waals surface area contributed by atoms with Crippen LogP contribution in [0.2, 0.25) is 0 Å². The Morgan fingerprint density at radius 2 is 1.90 bits per heavy atom. The van der Waals surface area contributed by atoms with Crippen LogP contribution in [0, 0.1) is 5.41 Å². The minimum Gasteiger partial charge on any atom is -0.486 e. The highest BCUT2D eigenvalue weighted by Gasteiger charge is 2.49. The van der Waals surface area contributed by atoms with Gasteiger partial charge in [0, 0.05) is 49.8 Å². The summed E-state index contributed by atoms with van der Waals surface area (Å²) in [7, 11) is 0. The van der Waals surface area contributed by atoms with Crippen LogP contribution in [0.3, 0.4) is 0 Å². The van der Waals surface area contributed by atoms with E-state index in [9.17, 15) is 4.79 Å². The number of carbonyl (C=O) groups is 1. The van der Waals surface area contributed by atoms with Crippen LogP contribution >= 0.6 is 11.8 Å². The number of nitrogens with zero attached hydrogens (tertiary/aromatic N) is 7. The van der Waals surface area contributed by atoms with Crippen molar-refractivity contribution < 1.29 is 9.53 Å². The fourth-order valence-corrected chi connectivity index (χ4v) is 7.52. The molecule has 5 aliphatic rings. The van der Waals surface area contributed by atoms with Crippen LogP contribution < -0.4 is 20.3 Å². The Balaban J connectivity index is 0.957. The largest absolute Gasteiger partial charge is 0.486 e. The van der Waals surface area contributed by atoms with Crippen molar-refractivity contribution in [3.63, 3.8) is 0 Å². The maximum atomic E-state index is 13.1. The van der Waals surface area contributed by atoms with E-state index in [1.54, 1.807) is 6.20 Å². The highest BCUT2D eigenvalue weighted by Crippen LogP contribution is 2.50. The monoisotopic (exact) mass is 542 g/mol. The third-order valence-electron chi connectivity index (χ3n) is 9.06. The zero-order valence-corrected chi connectivity index (χ0v) is 22.4. The van der Waals surface area contributed by atoms with E-state index in [1.165, 1.54) is 17.3 Å². The summed E-state index contributed by atoms with van der Waals surface area (Å²) in [6.45, 7) is 2.99. The molecule has 0 bridgehead atoms. The Hall–Kier alpha value is -3.44. The lowest BCUT2D eigenvalue weighted by Gasteiger charge is -2.42. The van der Waals surface area contributed by atoms with Gasteiger partial charge in [-0.1, -0.05) is 17.8 Å². The molecule has 3 aromatic rings. The fourth-order valence-electron chi connectivity index (χ4n) is 6.71. The third kappa shape index (κ3) is 3.77. The average molecular weight is 543 g/mol. The van der Waals surface area contributed by atoms with Crippen molar-refractivity contribution in [1.29, 1.82) is 0 Å². The molecule has 3 aliphatic heterocycles. The second-order valence-corrected chi connectivity index (χ2v) is 12.4. The van der Waals surface area contributed by atoms with Gasteiger partial charge in [0.2, 0.25) is 0 Å². The summed E-state index contributed by atoms with van der Waals surface area (Å²) in [6.07, 6.45) is 12.5. The van der Waals surface area contributed by atoms with Crippen molar-refractivity contribution in [2.24, 2.45) is 11.1 Å². The van der Waals surface area contributed by atoms with E-state index in [-0.39, 0.29) is 23.5 Å². The van der Waals surface area contributed by atoms with Gasteiger partial charge in [-0.3, -0.25) is 9.88 Å². The van der Waals surface area contributed by atoms with Gasteiger partial charge in [0.25, 0.3) is 0 Å². The van der Waals surface area contributed by atoms with Crippen molar-refractivity contribution in [2.45, 2.75) is 60.2 Å². The van der Waals surface area contributed by atoms with Gasteiger partial charge >= 0.3 is 6.03 Å². The van der Waals surface area contributed by atoms with Crippen LogP contribution in [0.25, 0.3) is 0 Å². The van der Waals surface area contributed by atoms with E-state index in [4.69, 9.17) is 20.4 Å². The quantitative estimate of drug-likeness (QED) is 0.530. The topological polar surface area (TPSA) is 114 Å². The first-order valence-corrected chi connectivity index (χ1v) is 14.6. The minimum atomic E-state index is 0.0188. The van der Waals surface area contributed by atoms with Crippen LogP contribution in [0.4, 0.5) is 16.4 Å². The average Bonchev–Trinajstić information content (AvgIpc) is 3.71. The van der Waals surface area contributed by atoms with Gasteiger partial charge in [0.1, 0.15) is 17.5 Å². The lowest BCUT2D eigenvalue weighted by atomic mass is 9.73. The molecular formula is C28H30N8O2S. The Kier molecular flexibility index (Phi) is 5.28. The van der Waals surface area contributed by atoms with E-state index in [2.05, 4.69) is 20.9 Å². The lowest BCUT2D eigenvalue weighted by Crippen LogP contribution is -2.44. The van der Waals surface area contributed by atoms with E-state index < -0.39 is 0 Å². The molecule has 10 nitrogen and oxygen atoms in total. The number of hydrogen-bond acceptors (Lipinski definition) is 9. The van der Waals surface area contributed by atoms with E-state index in [0.717, 1.165) is 66.6 Å². The van der Waals surface area contributed by atoms with Gasteiger partial charge < -0.3 is 20.3 Å². The maximum absolute atomic E-state index is 13.1. The minimum absolute atomic E-state index is 0.0188. The SMILES string of the molecule is N[C@@H]1c2cccnc2CC12CCN(c1cnc(Sc3ccnc4c3OCC3CN(C5CC5)C(=O)N43)cn1)CC2. The van der Waals surface area contributed by atoms with Crippen molar-refractivity contribution in [3.05, 3.63) is 54.2 Å². The zero-order chi connectivity index (χ0) is 26.1. The Morgan fingerprint density at radius 1 is 1.03 bits per heavy atom. The molecule has 11 heteroatoms. The summed E-state index contributed by atoms with van der Waals surface area (Å²) in [4.78, 5) is 38.7. The number of anilines is 2. The van der Waals surface area contributed by atoms with Gasteiger partial charge in [-0.05, 0) is 55.2 Å². The molecule has 0 aromatic carbocycles. The Labute approximate surface area is 231 Å². The van der Waals surface area contributed by atoms with Gasteiger partial charge in [0.05, 0.1) is 23.3 Å². The van der Waals surface area contributed by atoms with Crippen LogP contribution in [0.1, 0.15) is 43.0 Å². The second-order valence-electron chi connectivity index (χ2n) is 11.3. The molecule has 2 saturated heterocycles. The summed E-state index contributed by atoms with van der Waals surface area (Å²) >= 11 is 1.49. The third-order valence-corrected chi connectivity index (χ3v) is 10.0. The zero-order valence-electron chi connectivity index (χ0n) is 21.6. The molecule has 2 N–H and O–H groups in total. The van der Waals surface area contributed by atoms with E-state index in [1.807, 2.05) is 40.5 Å². The second kappa shape index (κ2) is 8.79. The highest BCUT2D eigenvalue weighted by molar-refractivity contribution is 7.99. The number of pyridine rings is 2. The van der Waals surface area contributed by atoms with Crippen LogP contribution in [-0.4, -0.2) is 69.2 Å². The predicted octanol–water partition coefficient (Wildman–Crippen LogP) is 3.43. The van der Waals surface area contributed by atoms with E-state index >= 15 is 0 Å². The number of fused-ring (bicyclic) bond motifs is 4. The molecule has 2 atom stereocenters. The van der Waals surface area contributed by atoms with Gasteiger partial charge in [-0.25, -0.2) is 19.7 Å². The molecule has 1 spiro atoms. The summed E-state index contributed by atoms with van der Waals surface area (Å²) in [5.41, 5.74) is 9.16. The number of nitrogens with two attached hydrogens (primary N) is 1. The Bertz CT molecular complexity index is 1440. The normalized spacial score (nSPS) is 24.9. The van der Waals surface area contributed by atoms with Gasteiger partial charge in [-0.2, -0.15) is 0 Å². The summed E-state index contributed by atoms with van der Waals surface area (Å²) in [6, 6.07) is 6.53. The van der Waals surface area contributed by atoms with Crippen molar-refractivity contribution in [1.82, 2.24) is 24.8 Å². The smallest absolute Gasteiger partial charge is 0.326 e. The number of hydrogen-bond donors (Lipinski definition) is 1. The number of urea groups is 1. The van der Waals surface area contributed by atoms with Crippen molar-refractivity contribution >= 4 is 29.4 Å². The molecule has 1 saturated carbocycles. The number of amides is 2. The van der Waals surface area contributed by atoms with Crippen molar-refractivity contribution in [2.75, 3.05) is 36.0 Å². The maximum Gasteiger partial charge on any atom is 0.326 e. The summed E-state index contributed by atoms with van der Waals surface area (Å²) in [5, 5.41) is 0.776. The van der Waals surface area contributed by atoms with Crippen LogP contribution in [-0.2, 0) is 6.42 Å². The van der Waals surface area contributed by atoms with Crippen molar-refractivity contribution in [3.8, 4) is 5.75 Å². The standard InChI is InChI=1S/C28H30N8O2S/c29-25-19-2-1-8-30-20(19)12-28(25)6-10-34(11-7-28)22-13-33-23(14-32-22)39-21-5-9-31-26-24(21)38-16-18-15-35(17-3-4-17)27(37)36(18)26/h1-2,5,8-9,13-14,17-18,25H,3-4,6-7,10-12,15-16,29H2/t18?,25-/m1/s1. The first-order chi connectivity index (χ1) is 19.1. The van der Waals surface area contributed by atoms with E-state index in [0.29, 0.717) is 30.8 Å².